The van der Waals surface area contributed by atoms with Gasteiger partial charge in [0.15, 0.2) is 0 Å². The molecular weight excluding hydrogens is 1110 g/mol. The number of carboxylic acids is 6. The minimum atomic E-state index is -0.878. The van der Waals surface area contributed by atoms with Crippen LogP contribution < -0.4 is 0 Å². The minimum absolute atomic E-state index is 0.000278. The van der Waals surface area contributed by atoms with Crippen molar-refractivity contribution >= 4 is 46.6 Å². The van der Waals surface area contributed by atoms with E-state index in [4.69, 9.17) is 30.6 Å². The standard InChI is InChI=1S/C24H40O3.C12H18O2.C11H16O2.C11H8O2.C8H8O3.C8H8O2/c1-15(4-9-22(26)27)19-7-8-20-18-6-5-16-14-17(25)10-12-23(16,2)21(18)11-13-24(19,20)3;13-11(14)7-12-4-8-1-9(5-12)3-10(2-8)6-12;12-10(13)11-4-7-1-8(5-11)3-9(2-7)6-11;12-11(13)10-7-3-5-8-4-1-2-6-9(8)10;9-7-3-1-6(2-4-7)5-8(10)11;9-8(10)6-7-4-2-1-3-5-7/h15-21,25H,4-14H2,1-3H3,(H,26,27);8-10H,1-7H2,(H,13,14);7-9H,1-6H2,(H,12,13);1-7H,(H,12,13);1-4,9H,5H2,(H,10,11);1-5H,6H2,(H,9,10). The molecule has 14 nitrogen and oxygen atoms in total. The molecule has 0 spiro atoms. The van der Waals surface area contributed by atoms with E-state index in [0.717, 1.165) is 114 Å². The Kier molecular flexibility index (Phi) is 21.2. The number of aliphatic hydroxyl groups excluding tert-OH is 1. The maximum absolute atomic E-state index is 11.3. The van der Waals surface area contributed by atoms with Gasteiger partial charge in [-0.25, -0.2) is 4.79 Å². The number of hydrogen-bond donors (Lipinski definition) is 8. The number of carbonyl (C=O) groups is 6. The zero-order valence-electron chi connectivity index (χ0n) is 52.2. The number of rotatable bonds is 12. The number of carboxylic acid groups (broad SMARTS) is 6. The number of aliphatic hydroxyl groups is 1. The van der Waals surface area contributed by atoms with Gasteiger partial charge in [0, 0.05) is 6.42 Å². The average Bonchev–Trinajstić information content (AvgIpc) is 1.38. The highest BCUT2D eigenvalue weighted by Gasteiger charge is 2.61. The highest BCUT2D eigenvalue weighted by Crippen LogP contribution is 2.69. The van der Waals surface area contributed by atoms with Gasteiger partial charge in [0.05, 0.1) is 36.3 Å². The second-order valence-corrected chi connectivity index (χ2v) is 29.8. The van der Waals surface area contributed by atoms with Gasteiger partial charge in [0.25, 0.3) is 0 Å². The van der Waals surface area contributed by atoms with Crippen molar-refractivity contribution in [2.75, 3.05) is 0 Å². The fraction of sp³-hybridized carbons (Fsp3) is 0.622. The topological polar surface area (TPSA) is 264 Å². The van der Waals surface area contributed by atoms with Crippen LogP contribution >= 0.6 is 0 Å². The number of hydrogen-bond acceptors (Lipinski definition) is 8. The summed E-state index contributed by atoms with van der Waals surface area (Å²) in [4.78, 5) is 64.4. The van der Waals surface area contributed by atoms with Crippen molar-refractivity contribution < 1.29 is 69.6 Å². The second-order valence-electron chi connectivity index (χ2n) is 29.8. The van der Waals surface area contributed by atoms with Gasteiger partial charge in [0.2, 0.25) is 0 Å². The molecule has 9 unspecified atom stereocenters. The molecule has 4 aromatic rings. The third-order valence-corrected chi connectivity index (χ3v) is 23.9. The van der Waals surface area contributed by atoms with Gasteiger partial charge >= 0.3 is 35.8 Å². The van der Waals surface area contributed by atoms with Crippen molar-refractivity contribution in [3.8, 4) is 5.75 Å². The zero-order chi connectivity index (χ0) is 63.1. The van der Waals surface area contributed by atoms with Crippen LogP contribution in [0.5, 0.6) is 5.75 Å². The number of benzene rings is 4. The third-order valence-electron chi connectivity index (χ3n) is 23.9. The lowest BCUT2D eigenvalue weighted by molar-refractivity contribution is -0.164. The van der Waals surface area contributed by atoms with Crippen LogP contribution in [-0.2, 0) is 36.8 Å². The van der Waals surface area contributed by atoms with Gasteiger partial charge in [-0.1, -0.05) is 99.6 Å². The van der Waals surface area contributed by atoms with Gasteiger partial charge < -0.3 is 40.9 Å². The molecule has 0 aromatic heterocycles. The Morgan fingerprint density at radius 2 is 1.02 bits per heavy atom. The quantitative estimate of drug-likeness (QED) is 0.0656. The van der Waals surface area contributed by atoms with E-state index in [1.165, 1.54) is 115 Å². The molecule has 0 saturated heterocycles. The number of phenolic OH excluding ortho intramolecular Hbond substituents is 1. The Labute approximate surface area is 519 Å². The minimum Gasteiger partial charge on any atom is -0.508 e. The Bertz CT molecular complexity index is 2990. The average molecular weight is 1210 g/mol. The number of aromatic carboxylic acids is 1. The number of phenols is 1. The molecule has 0 heterocycles. The van der Waals surface area contributed by atoms with E-state index in [1.807, 2.05) is 48.5 Å². The lowest BCUT2D eigenvalue weighted by Crippen LogP contribution is -2.54. The molecule has 14 heteroatoms. The molecule has 12 aliphatic carbocycles. The number of fused-ring (bicyclic) bond motifs is 6. The van der Waals surface area contributed by atoms with E-state index in [2.05, 4.69) is 20.8 Å². The van der Waals surface area contributed by atoms with Crippen molar-refractivity contribution in [1.82, 2.24) is 0 Å². The van der Waals surface area contributed by atoms with Crippen molar-refractivity contribution in [3.63, 3.8) is 0 Å². The molecule has 0 aliphatic heterocycles. The molecule has 12 saturated carbocycles. The summed E-state index contributed by atoms with van der Waals surface area (Å²) >= 11 is 0. The fourth-order valence-corrected chi connectivity index (χ4v) is 20.9. The Hall–Kier alpha value is -6.28. The van der Waals surface area contributed by atoms with Crippen LogP contribution in [0, 0.1) is 92.7 Å². The van der Waals surface area contributed by atoms with E-state index >= 15 is 0 Å². The molecule has 8 bridgehead atoms. The van der Waals surface area contributed by atoms with Gasteiger partial charge in [-0.2, -0.15) is 0 Å². The predicted molar refractivity (Wildman–Crippen MR) is 336 cm³/mol. The first-order chi connectivity index (χ1) is 41.8. The summed E-state index contributed by atoms with van der Waals surface area (Å²) in [6, 6.07) is 28.0. The maximum Gasteiger partial charge on any atom is 0.336 e. The van der Waals surface area contributed by atoms with Crippen LogP contribution in [-0.4, -0.2) is 82.8 Å². The molecular formula is C74H98O14. The van der Waals surface area contributed by atoms with Gasteiger partial charge in [0.1, 0.15) is 5.75 Å². The maximum atomic E-state index is 11.3. The van der Waals surface area contributed by atoms with Crippen LogP contribution in [0.1, 0.15) is 196 Å². The molecule has 12 aliphatic rings. The molecule has 0 radical (unpaired) electrons. The first-order valence-electron chi connectivity index (χ1n) is 33.2. The summed E-state index contributed by atoms with van der Waals surface area (Å²) in [5.74, 6) is 5.33. The van der Waals surface area contributed by atoms with Crippen molar-refractivity contribution in [2.45, 2.75) is 194 Å². The normalized spacial score (nSPS) is 34.8. The summed E-state index contributed by atoms with van der Waals surface area (Å²) in [7, 11) is 0. The van der Waals surface area contributed by atoms with Crippen molar-refractivity contribution in [2.24, 2.45) is 92.7 Å². The molecule has 12 fully saturated rings. The highest BCUT2D eigenvalue weighted by molar-refractivity contribution is 6.03. The number of aromatic hydroxyl groups is 1. The first-order valence-corrected chi connectivity index (χ1v) is 33.2. The van der Waals surface area contributed by atoms with Gasteiger partial charge in [-0.3, -0.25) is 24.0 Å². The molecule has 16 rings (SSSR count). The van der Waals surface area contributed by atoms with Crippen LogP contribution in [0.15, 0.2) is 97.1 Å². The second kappa shape index (κ2) is 28.3. The summed E-state index contributed by atoms with van der Waals surface area (Å²) in [6.45, 7) is 7.43. The Balaban J connectivity index is 0.000000131. The molecule has 4 aromatic carbocycles. The van der Waals surface area contributed by atoms with Crippen LogP contribution in [0.2, 0.25) is 0 Å². The van der Waals surface area contributed by atoms with Crippen LogP contribution in [0.4, 0.5) is 0 Å². The van der Waals surface area contributed by atoms with Crippen LogP contribution in [0.25, 0.3) is 10.8 Å². The third kappa shape index (κ3) is 15.8. The van der Waals surface area contributed by atoms with E-state index in [-0.39, 0.29) is 35.5 Å². The van der Waals surface area contributed by atoms with Crippen molar-refractivity contribution in [3.05, 3.63) is 114 Å². The van der Waals surface area contributed by atoms with Gasteiger partial charge in [-0.15, -0.1) is 0 Å². The number of aliphatic carboxylic acids is 5. The van der Waals surface area contributed by atoms with E-state index < -0.39 is 35.8 Å². The van der Waals surface area contributed by atoms with Gasteiger partial charge in [-0.05, 0) is 269 Å². The molecule has 8 N–H and O–H groups in total. The first kappa shape index (κ1) is 66.1. The molecule has 0 amide bonds. The Morgan fingerprint density at radius 1 is 0.511 bits per heavy atom. The summed E-state index contributed by atoms with van der Waals surface area (Å²) in [5.41, 5.74) is 2.71. The summed E-state index contributed by atoms with van der Waals surface area (Å²) < 4.78 is 0. The summed E-state index contributed by atoms with van der Waals surface area (Å²) in [6.07, 6.45) is 27.8. The van der Waals surface area contributed by atoms with Crippen LogP contribution in [0.3, 0.4) is 0 Å². The van der Waals surface area contributed by atoms with E-state index in [1.54, 1.807) is 36.4 Å². The van der Waals surface area contributed by atoms with E-state index in [0.29, 0.717) is 46.6 Å². The monoisotopic (exact) mass is 1210 g/mol. The highest BCUT2D eigenvalue weighted by atomic mass is 16.4. The van der Waals surface area contributed by atoms with Crippen molar-refractivity contribution in [1.29, 1.82) is 0 Å². The molecule has 9 atom stereocenters. The largest absolute Gasteiger partial charge is 0.508 e. The lowest BCUT2D eigenvalue weighted by atomic mass is 9.44. The SMILES string of the molecule is CC(CCC(=O)O)C1CCC2C3CCC4CC(O)CCC4(C)C3CCC12C.O=C(O)C12CC3CC(CC(C3)C1)C2.O=C(O)CC12CC3CC(CC(C3)C1)C2.O=C(O)Cc1ccc(O)cc1.O=C(O)Cc1ccccc1.O=C(O)c1cccc2ccccc12. The molecule has 88 heavy (non-hydrogen) atoms. The fourth-order valence-electron chi connectivity index (χ4n) is 20.9. The molecule has 478 valence electrons. The predicted octanol–water partition coefficient (Wildman–Crippen LogP) is 15.3. The summed E-state index contributed by atoms with van der Waals surface area (Å²) in [5, 5.41) is 73.8. The Morgan fingerprint density at radius 3 is 1.56 bits per heavy atom. The zero-order valence-corrected chi connectivity index (χ0v) is 52.2. The lowest BCUT2D eigenvalue weighted by Gasteiger charge is -2.61. The smallest absolute Gasteiger partial charge is 0.336 e. The van der Waals surface area contributed by atoms with E-state index in [9.17, 15) is 39.0 Å².